The molecule has 5 nitrogen and oxygen atoms in total. The van der Waals surface area contributed by atoms with E-state index in [2.05, 4.69) is 9.97 Å². The van der Waals surface area contributed by atoms with Gasteiger partial charge in [0.1, 0.15) is 5.75 Å². The van der Waals surface area contributed by atoms with Gasteiger partial charge in [-0.15, -0.1) is 0 Å². The third-order valence-corrected chi connectivity index (χ3v) is 4.95. The van der Waals surface area contributed by atoms with E-state index in [-0.39, 0.29) is 6.54 Å². The van der Waals surface area contributed by atoms with Gasteiger partial charge in [-0.25, -0.2) is 4.98 Å². The first-order chi connectivity index (χ1) is 14.9. The van der Waals surface area contributed by atoms with Crippen LogP contribution in [0.4, 0.5) is 13.2 Å². The maximum absolute atomic E-state index is 13.4. The van der Waals surface area contributed by atoms with Crippen LogP contribution in [0, 0.1) is 0 Å². The number of nitrogens with two attached hydrogens (primary N) is 1. The number of nitrogens with zero attached hydrogens (tertiary/aromatic N) is 3. The minimum Gasteiger partial charge on any atom is -0.496 e. The van der Waals surface area contributed by atoms with Gasteiger partial charge in [0, 0.05) is 29.4 Å². The van der Waals surface area contributed by atoms with Crippen molar-refractivity contribution in [2.75, 3.05) is 7.11 Å². The van der Waals surface area contributed by atoms with Gasteiger partial charge in [0.05, 0.1) is 42.8 Å². The molecule has 0 aliphatic rings. The molecule has 2 heterocycles. The number of aromatic nitrogens is 3. The van der Waals surface area contributed by atoms with Crippen LogP contribution in [0.3, 0.4) is 0 Å². The Bertz CT molecular complexity index is 1220. The fourth-order valence-corrected chi connectivity index (χ4v) is 3.49. The van der Waals surface area contributed by atoms with Gasteiger partial charge in [-0.3, -0.25) is 9.55 Å². The zero-order valence-electron chi connectivity index (χ0n) is 16.6. The van der Waals surface area contributed by atoms with Crippen molar-refractivity contribution in [3.8, 4) is 33.8 Å². The monoisotopic (exact) mass is 424 g/mol. The van der Waals surface area contributed by atoms with Crippen molar-refractivity contribution < 1.29 is 17.9 Å². The van der Waals surface area contributed by atoms with Crippen molar-refractivity contribution >= 4 is 0 Å². The van der Waals surface area contributed by atoms with Gasteiger partial charge in [0.15, 0.2) is 0 Å². The topological polar surface area (TPSA) is 66.0 Å². The molecule has 31 heavy (non-hydrogen) atoms. The lowest BCUT2D eigenvalue weighted by Crippen LogP contribution is -2.08. The molecular weight excluding hydrogens is 405 g/mol. The van der Waals surface area contributed by atoms with E-state index in [4.69, 9.17) is 10.5 Å². The summed E-state index contributed by atoms with van der Waals surface area (Å²) < 4.78 is 47.5. The minimum atomic E-state index is -4.48. The standard InChI is InChI=1S/C23H19F3N4O/c1-31-22-5-3-2-4-19(22)18-6-7-28-13-21(18)30-14-29-12-20(30)16-8-15(11-27)9-17(10-16)23(24,25)26/h2-10,12-14H,11,27H2,1H3. The number of rotatable bonds is 5. The van der Waals surface area contributed by atoms with Crippen molar-refractivity contribution in [2.24, 2.45) is 5.73 Å². The summed E-state index contributed by atoms with van der Waals surface area (Å²) in [5.41, 5.74) is 8.42. The highest BCUT2D eigenvalue weighted by atomic mass is 19.4. The molecule has 158 valence electrons. The molecular formula is C23H19F3N4O. The molecule has 4 aromatic rings. The second-order valence-corrected chi connectivity index (χ2v) is 6.86. The first kappa shape index (κ1) is 20.6. The number of hydrogen-bond acceptors (Lipinski definition) is 4. The van der Waals surface area contributed by atoms with E-state index in [0.29, 0.717) is 28.3 Å². The molecule has 0 saturated heterocycles. The van der Waals surface area contributed by atoms with Crippen LogP contribution in [0.1, 0.15) is 11.1 Å². The molecule has 0 fully saturated rings. The second-order valence-electron chi connectivity index (χ2n) is 6.86. The predicted molar refractivity (Wildman–Crippen MR) is 112 cm³/mol. The first-order valence-electron chi connectivity index (χ1n) is 9.44. The predicted octanol–water partition coefficient (Wildman–Crippen LogP) is 5.09. The molecule has 0 spiro atoms. The molecule has 0 atom stereocenters. The molecule has 8 heteroatoms. The van der Waals surface area contributed by atoms with E-state index in [9.17, 15) is 13.2 Å². The van der Waals surface area contributed by atoms with Crippen LogP contribution >= 0.6 is 0 Å². The van der Waals surface area contributed by atoms with Crippen LogP contribution < -0.4 is 10.5 Å². The number of methoxy groups -OCH3 is 1. The zero-order chi connectivity index (χ0) is 22.0. The molecule has 0 aliphatic heterocycles. The summed E-state index contributed by atoms with van der Waals surface area (Å²) in [4.78, 5) is 8.41. The molecule has 2 N–H and O–H groups in total. The van der Waals surface area contributed by atoms with E-state index in [1.165, 1.54) is 6.20 Å². The second kappa shape index (κ2) is 8.23. The Hall–Kier alpha value is -3.65. The zero-order valence-corrected chi connectivity index (χ0v) is 16.6. The first-order valence-corrected chi connectivity index (χ1v) is 9.44. The Morgan fingerprint density at radius 2 is 1.81 bits per heavy atom. The maximum Gasteiger partial charge on any atom is 0.416 e. The van der Waals surface area contributed by atoms with Crippen molar-refractivity contribution in [3.05, 3.63) is 84.6 Å². The molecule has 0 aliphatic carbocycles. The van der Waals surface area contributed by atoms with Crippen molar-refractivity contribution in [1.82, 2.24) is 14.5 Å². The van der Waals surface area contributed by atoms with E-state index < -0.39 is 11.7 Å². The van der Waals surface area contributed by atoms with Gasteiger partial charge < -0.3 is 10.5 Å². The minimum absolute atomic E-state index is 0.00951. The van der Waals surface area contributed by atoms with Crippen LogP contribution in [0.25, 0.3) is 28.1 Å². The SMILES string of the molecule is COc1ccccc1-c1ccncc1-n1cncc1-c1cc(CN)cc(C(F)(F)F)c1. The van der Waals surface area contributed by atoms with Crippen LogP contribution in [0.15, 0.2) is 73.4 Å². The smallest absolute Gasteiger partial charge is 0.416 e. The Morgan fingerprint density at radius 3 is 2.55 bits per heavy atom. The lowest BCUT2D eigenvalue weighted by atomic mass is 10.0. The number of benzene rings is 2. The molecule has 0 radical (unpaired) electrons. The average Bonchev–Trinajstić information content (AvgIpc) is 3.28. The average molecular weight is 424 g/mol. The highest BCUT2D eigenvalue weighted by Gasteiger charge is 2.31. The number of imidazole rings is 1. The Balaban J connectivity index is 1.90. The molecule has 0 bridgehead atoms. The van der Waals surface area contributed by atoms with Gasteiger partial charge in [0.2, 0.25) is 0 Å². The molecule has 4 rings (SSSR count). The van der Waals surface area contributed by atoms with E-state index in [0.717, 1.165) is 23.3 Å². The summed E-state index contributed by atoms with van der Waals surface area (Å²) in [6, 6.07) is 13.1. The highest BCUT2D eigenvalue weighted by Crippen LogP contribution is 2.37. The van der Waals surface area contributed by atoms with Gasteiger partial charge in [-0.2, -0.15) is 13.2 Å². The normalized spacial score (nSPS) is 11.5. The Morgan fingerprint density at radius 1 is 1.00 bits per heavy atom. The third kappa shape index (κ3) is 4.02. The summed E-state index contributed by atoms with van der Waals surface area (Å²) in [6.07, 6.45) is 1.88. The summed E-state index contributed by atoms with van der Waals surface area (Å²) >= 11 is 0. The quantitative estimate of drug-likeness (QED) is 0.485. The molecule has 2 aromatic carbocycles. The molecule has 0 unspecified atom stereocenters. The highest BCUT2D eigenvalue weighted by molar-refractivity contribution is 5.78. The van der Waals surface area contributed by atoms with Gasteiger partial charge in [0.25, 0.3) is 0 Å². The summed E-state index contributed by atoms with van der Waals surface area (Å²) in [6.45, 7) is -0.00951. The molecule has 2 aromatic heterocycles. The van der Waals surface area contributed by atoms with Crippen LogP contribution in [-0.2, 0) is 12.7 Å². The maximum atomic E-state index is 13.4. The van der Waals surface area contributed by atoms with Crippen LogP contribution in [0.5, 0.6) is 5.75 Å². The van der Waals surface area contributed by atoms with Crippen molar-refractivity contribution in [2.45, 2.75) is 12.7 Å². The van der Waals surface area contributed by atoms with Crippen molar-refractivity contribution in [3.63, 3.8) is 0 Å². The van der Waals surface area contributed by atoms with E-state index in [1.807, 2.05) is 30.3 Å². The number of alkyl halides is 3. The summed E-state index contributed by atoms with van der Waals surface area (Å²) in [7, 11) is 1.58. The lowest BCUT2D eigenvalue weighted by molar-refractivity contribution is -0.137. The summed E-state index contributed by atoms with van der Waals surface area (Å²) in [5, 5.41) is 0. The molecule has 0 saturated carbocycles. The fraction of sp³-hybridized carbons (Fsp3) is 0.130. The Labute approximate surface area is 177 Å². The van der Waals surface area contributed by atoms with Crippen LogP contribution in [-0.4, -0.2) is 21.6 Å². The lowest BCUT2D eigenvalue weighted by Gasteiger charge is -2.16. The fourth-order valence-electron chi connectivity index (χ4n) is 3.49. The number of ether oxygens (including phenoxy) is 1. The van der Waals surface area contributed by atoms with Gasteiger partial charge >= 0.3 is 6.18 Å². The van der Waals surface area contributed by atoms with Gasteiger partial charge in [-0.05, 0) is 35.9 Å². The number of para-hydroxylation sites is 1. The van der Waals surface area contributed by atoms with E-state index in [1.54, 1.807) is 36.5 Å². The number of pyridine rings is 1. The van der Waals surface area contributed by atoms with E-state index >= 15 is 0 Å². The van der Waals surface area contributed by atoms with Crippen LogP contribution in [0.2, 0.25) is 0 Å². The largest absolute Gasteiger partial charge is 0.496 e. The summed E-state index contributed by atoms with van der Waals surface area (Å²) in [5.74, 6) is 0.668. The number of hydrogen-bond donors (Lipinski definition) is 1. The van der Waals surface area contributed by atoms with Crippen molar-refractivity contribution in [1.29, 1.82) is 0 Å². The van der Waals surface area contributed by atoms with Gasteiger partial charge in [-0.1, -0.05) is 18.2 Å². The Kier molecular flexibility index (Phi) is 5.48. The third-order valence-electron chi connectivity index (χ3n) is 4.95. The number of halogens is 3. The molecule has 0 amide bonds.